The van der Waals surface area contributed by atoms with Crippen LogP contribution in [0, 0.1) is 0 Å². The number of aliphatic hydroxyl groups is 1. The first-order chi connectivity index (χ1) is 6.24. The summed E-state index contributed by atoms with van der Waals surface area (Å²) in [6, 6.07) is 0. The second-order valence-electron chi connectivity index (χ2n) is 3.20. The van der Waals surface area contributed by atoms with E-state index in [9.17, 15) is 9.90 Å². The van der Waals surface area contributed by atoms with Gasteiger partial charge in [-0.25, -0.2) is 0 Å². The van der Waals surface area contributed by atoms with Gasteiger partial charge in [0.25, 0.3) is 0 Å². The second kappa shape index (κ2) is 4.99. The molecular formula is C9H16N2O2. The van der Waals surface area contributed by atoms with Gasteiger partial charge in [-0.2, -0.15) is 0 Å². The monoisotopic (exact) mass is 184 g/mol. The Hall–Kier alpha value is -0.870. The number of carbonyl (C=O) groups excluding carboxylic acids is 1. The van der Waals surface area contributed by atoms with Crippen LogP contribution in [0.2, 0.25) is 0 Å². The van der Waals surface area contributed by atoms with Crippen LogP contribution in [0.1, 0.15) is 6.42 Å². The Bertz CT molecular complexity index is 194. The summed E-state index contributed by atoms with van der Waals surface area (Å²) in [5.41, 5.74) is 0. The van der Waals surface area contributed by atoms with Crippen LogP contribution in [0.15, 0.2) is 12.7 Å². The van der Waals surface area contributed by atoms with Crippen LogP contribution in [-0.4, -0.2) is 48.2 Å². The quantitative estimate of drug-likeness (QED) is 0.451. The number of hydrogen-bond acceptors (Lipinski definition) is 3. The maximum absolute atomic E-state index is 11.4. The van der Waals surface area contributed by atoms with E-state index in [2.05, 4.69) is 11.9 Å². The molecular weight excluding hydrogens is 168 g/mol. The summed E-state index contributed by atoms with van der Waals surface area (Å²) in [4.78, 5) is 13.1. The van der Waals surface area contributed by atoms with Crippen LogP contribution in [0.25, 0.3) is 0 Å². The van der Waals surface area contributed by atoms with Gasteiger partial charge in [0.1, 0.15) is 0 Å². The van der Waals surface area contributed by atoms with E-state index in [1.807, 2.05) is 0 Å². The van der Waals surface area contributed by atoms with Crippen molar-refractivity contribution in [2.45, 2.75) is 12.5 Å². The fraction of sp³-hybridized carbons (Fsp3) is 0.667. The fourth-order valence-corrected chi connectivity index (χ4v) is 1.36. The Labute approximate surface area is 78.2 Å². The van der Waals surface area contributed by atoms with E-state index in [1.165, 1.54) is 0 Å². The third-order valence-electron chi connectivity index (χ3n) is 2.08. The molecule has 0 unspecified atom stereocenters. The summed E-state index contributed by atoms with van der Waals surface area (Å²) < 4.78 is 0. The van der Waals surface area contributed by atoms with Crippen molar-refractivity contribution >= 4 is 5.91 Å². The lowest BCUT2D eigenvalue weighted by Crippen LogP contribution is -2.37. The zero-order chi connectivity index (χ0) is 9.68. The van der Waals surface area contributed by atoms with Crippen LogP contribution in [0.3, 0.4) is 0 Å². The highest BCUT2D eigenvalue weighted by molar-refractivity contribution is 5.78. The minimum Gasteiger partial charge on any atom is -0.391 e. The van der Waals surface area contributed by atoms with Gasteiger partial charge in [0.05, 0.1) is 12.6 Å². The molecule has 2 N–H and O–H groups in total. The van der Waals surface area contributed by atoms with Crippen LogP contribution in [-0.2, 0) is 4.79 Å². The molecule has 74 valence electrons. The lowest BCUT2D eigenvalue weighted by atomic mass is 10.3. The second-order valence-corrected chi connectivity index (χ2v) is 3.20. The molecule has 0 aromatic carbocycles. The third-order valence-corrected chi connectivity index (χ3v) is 2.08. The highest BCUT2D eigenvalue weighted by Crippen LogP contribution is 2.07. The molecule has 1 atom stereocenters. The van der Waals surface area contributed by atoms with Crippen molar-refractivity contribution in [3.8, 4) is 0 Å². The van der Waals surface area contributed by atoms with Gasteiger partial charge in [0.2, 0.25) is 5.91 Å². The van der Waals surface area contributed by atoms with Crippen molar-refractivity contribution < 1.29 is 9.90 Å². The number of carbonyl (C=O) groups is 1. The molecule has 1 aliphatic heterocycles. The van der Waals surface area contributed by atoms with Crippen LogP contribution in [0.5, 0.6) is 0 Å². The lowest BCUT2D eigenvalue weighted by Gasteiger charge is -2.15. The molecule has 0 radical (unpaired) electrons. The van der Waals surface area contributed by atoms with Crippen molar-refractivity contribution in [2.75, 3.05) is 26.2 Å². The fourth-order valence-electron chi connectivity index (χ4n) is 1.36. The van der Waals surface area contributed by atoms with Gasteiger partial charge >= 0.3 is 0 Å². The molecule has 1 amide bonds. The highest BCUT2D eigenvalue weighted by Gasteiger charge is 2.23. The molecule has 4 nitrogen and oxygen atoms in total. The standard InChI is InChI=1S/C9H16N2O2/c1-2-4-10-6-9(13)11-5-3-8(12)7-11/h2,8,10,12H,1,3-7H2/t8-/m1/s1. The van der Waals surface area contributed by atoms with Crippen molar-refractivity contribution in [3.63, 3.8) is 0 Å². The summed E-state index contributed by atoms with van der Waals surface area (Å²) in [7, 11) is 0. The SMILES string of the molecule is C=CCNCC(=O)N1CC[C@@H](O)C1. The van der Waals surface area contributed by atoms with Crippen LogP contribution >= 0.6 is 0 Å². The van der Waals surface area contributed by atoms with E-state index in [-0.39, 0.29) is 12.0 Å². The van der Waals surface area contributed by atoms with Crippen molar-refractivity contribution in [1.29, 1.82) is 0 Å². The molecule has 0 spiro atoms. The average molecular weight is 184 g/mol. The number of rotatable bonds is 4. The number of amides is 1. The first kappa shape index (κ1) is 10.2. The van der Waals surface area contributed by atoms with E-state index < -0.39 is 0 Å². The zero-order valence-electron chi connectivity index (χ0n) is 7.70. The van der Waals surface area contributed by atoms with Crippen molar-refractivity contribution in [1.82, 2.24) is 10.2 Å². The number of hydrogen-bond donors (Lipinski definition) is 2. The molecule has 13 heavy (non-hydrogen) atoms. The summed E-state index contributed by atoms with van der Waals surface area (Å²) in [5, 5.41) is 12.1. The maximum atomic E-state index is 11.4. The van der Waals surface area contributed by atoms with Gasteiger partial charge in [0.15, 0.2) is 0 Å². The maximum Gasteiger partial charge on any atom is 0.236 e. The van der Waals surface area contributed by atoms with Crippen molar-refractivity contribution in [2.24, 2.45) is 0 Å². The molecule has 0 bridgehead atoms. The highest BCUT2D eigenvalue weighted by atomic mass is 16.3. The van der Waals surface area contributed by atoms with Gasteiger partial charge in [-0.05, 0) is 6.42 Å². The van der Waals surface area contributed by atoms with Gasteiger partial charge in [0, 0.05) is 19.6 Å². The van der Waals surface area contributed by atoms with Gasteiger partial charge in [-0.1, -0.05) is 6.08 Å². The topological polar surface area (TPSA) is 52.6 Å². The Morgan fingerprint density at radius 2 is 2.54 bits per heavy atom. The number of nitrogens with zero attached hydrogens (tertiary/aromatic N) is 1. The van der Waals surface area contributed by atoms with Crippen LogP contribution < -0.4 is 5.32 Å². The first-order valence-electron chi connectivity index (χ1n) is 4.51. The minimum absolute atomic E-state index is 0.0541. The number of β-amino-alcohol motifs (C(OH)–C–C–N with tert-alkyl or cyclic N) is 1. The summed E-state index contributed by atoms with van der Waals surface area (Å²) in [6.45, 7) is 5.67. The Balaban J connectivity index is 2.19. The average Bonchev–Trinajstić information content (AvgIpc) is 2.52. The van der Waals surface area contributed by atoms with Crippen LogP contribution in [0.4, 0.5) is 0 Å². The molecule has 0 saturated carbocycles. The first-order valence-corrected chi connectivity index (χ1v) is 4.51. The Morgan fingerprint density at radius 1 is 1.77 bits per heavy atom. The Morgan fingerprint density at radius 3 is 3.08 bits per heavy atom. The van der Waals surface area contributed by atoms with Gasteiger partial charge < -0.3 is 15.3 Å². The van der Waals surface area contributed by atoms with Gasteiger partial charge in [-0.3, -0.25) is 4.79 Å². The number of aliphatic hydroxyl groups excluding tert-OH is 1. The molecule has 0 aromatic heterocycles. The molecule has 1 saturated heterocycles. The van der Waals surface area contributed by atoms with E-state index in [0.29, 0.717) is 32.6 Å². The largest absolute Gasteiger partial charge is 0.391 e. The normalized spacial score (nSPS) is 21.9. The number of likely N-dealkylation sites (tertiary alicyclic amines) is 1. The van der Waals surface area contributed by atoms with E-state index >= 15 is 0 Å². The molecule has 4 heteroatoms. The Kier molecular flexibility index (Phi) is 3.92. The molecule has 1 fully saturated rings. The third kappa shape index (κ3) is 3.16. The predicted molar refractivity (Wildman–Crippen MR) is 50.3 cm³/mol. The predicted octanol–water partition coefficient (Wildman–Crippen LogP) is -0.645. The van der Waals surface area contributed by atoms with Crippen molar-refractivity contribution in [3.05, 3.63) is 12.7 Å². The molecule has 0 aromatic rings. The summed E-state index contributed by atoms with van der Waals surface area (Å²) in [5.74, 6) is 0.0541. The summed E-state index contributed by atoms with van der Waals surface area (Å²) >= 11 is 0. The smallest absolute Gasteiger partial charge is 0.236 e. The number of nitrogens with one attached hydrogen (secondary N) is 1. The lowest BCUT2D eigenvalue weighted by molar-refractivity contribution is -0.129. The molecule has 1 aliphatic rings. The zero-order valence-corrected chi connectivity index (χ0v) is 7.70. The molecule has 1 heterocycles. The van der Waals surface area contributed by atoms with E-state index in [0.717, 1.165) is 0 Å². The minimum atomic E-state index is -0.330. The van der Waals surface area contributed by atoms with Gasteiger partial charge in [-0.15, -0.1) is 6.58 Å². The molecule has 0 aliphatic carbocycles. The van der Waals surface area contributed by atoms with E-state index in [4.69, 9.17) is 0 Å². The summed E-state index contributed by atoms with van der Waals surface area (Å²) in [6.07, 6.45) is 2.09. The van der Waals surface area contributed by atoms with E-state index in [1.54, 1.807) is 11.0 Å². The molecule has 1 rings (SSSR count).